The lowest BCUT2D eigenvalue weighted by molar-refractivity contribution is -0.139. The first-order chi connectivity index (χ1) is 15.9. The second-order valence-corrected chi connectivity index (χ2v) is 8.49. The Labute approximate surface area is 193 Å². The van der Waals surface area contributed by atoms with E-state index in [0.29, 0.717) is 43.8 Å². The lowest BCUT2D eigenvalue weighted by Gasteiger charge is -2.33. The number of morpholine rings is 1. The molecule has 1 atom stereocenters. The van der Waals surface area contributed by atoms with Crippen LogP contribution < -0.4 is 0 Å². The molecule has 2 heterocycles. The van der Waals surface area contributed by atoms with Crippen molar-refractivity contribution in [3.8, 4) is 0 Å². The van der Waals surface area contributed by atoms with E-state index in [1.165, 1.54) is 12.1 Å². The lowest BCUT2D eigenvalue weighted by Crippen LogP contribution is -2.42. The van der Waals surface area contributed by atoms with Gasteiger partial charge in [0.2, 0.25) is 5.91 Å². The molecule has 0 N–H and O–H groups in total. The van der Waals surface area contributed by atoms with Gasteiger partial charge >= 0.3 is 0 Å². The highest BCUT2D eigenvalue weighted by Gasteiger charge is 2.27. The molecule has 33 heavy (non-hydrogen) atoms. The number of fused-ring (bicyclic) bond motifs is 1. The van der Waals surface area contributed by atoms with Gasteiger partial charge in [-0.3, -0.25) is 9.59 Å². The smallest absolute Gasteiger partial charge is 0.254 e. The van der Waals surface area contributed by atoms with Gasteiger partial charge in [0.25, 0.3) is 5.91 Å². The summed E-state index contributed by atoms with van der Waals surface area (Å²) in [6.45, 7) is 1.35. The molecule has 172 valence electrons. The molecule has 0 spiro atoms. The zero-order valence-corrected chi connectivity index (χ0v) is 19.0. The average molecular weight is 450 g/mol. The summed E-state index contributed by atoms with van der Waals surface area (Å²) in [5.74, 6) is -0.290. The van der Waals surface area contributed by atoms with E-state index >= 15 is 0 Å². The number of aromatic nitrogens is 1. The number of benzene rings is 2. The highest BCUT2D eigenvalue weighted by atomic mass is 19.1. The molecule has 1 saturated heterocycles. The third-order valence-corrected chi connectivity index (χ3v) is 5.89. The minimum atomic E-state index is -0.391. The molecule has 2 amide bonds. The molecule has 0 bridgehead atoms. The number of halogens is 1. The summed E-state index contributed by atoms with van der Waals surface area (Å²) in [6.07, 6.45) is 1.45. The highest BCUT2D eigenvalue weighted by molar-refractivity contribution is 6.06. The zero-order valence-electron chi connectivity index (χ0n) is 19.0. The number of pyridine rings is 1. The van der Waals surface area contributed by atoms with E-state index in [4.69, 9.17) is 9.72 Å². The number of aryl methyl sites for hydroxylation is 1. The molecular weight excluding hydrogens is 421 g/mol. The van der Waals surface area contributed by atoms with E-state index < -0.39 is 6.10 Å². The molecule has 7 heteroatoms. The first-order valence-corrected chi connectivity index (χ1v) is 11.2. The van der Waals surface area contributed by atoms with E-state index in [1.807, 2.05) is 29.2 Å². The highest BCUT2D eigenvalue weighted by Crippen LogP contribution is 2.27. The van der Waals surface area contributed by atoms with Crippen molar-refractivity contribution in [3.05, 3.63) is 77.2 Å². The summed E-state index contributed by atoms with van der Waals surface area (Å²) in [6, 6.07) is 15.7. The minimum absolute atomic E-state index is 0.0655. The van der Waals surface area contributed by atoms with Crippen LogP contribution in [0, 0.1) is 5.82 Å². The fraction of sp³-hybridized carbons (Fsp3) is 0.346. The van der Waals surface area contributed by atoms with Crippen molar-refractivity contribution in [3.63, 3.8) is 0 Å². The van der Waals surface area contributed by atoms with Crippen LogP contribution in [-0.4, -0.2) is 60.4 Å². The third-order valence-electron chi connectivity index (χ3n) is 5.89. The van der Waals surface area contributed by atoms with Crippen molar-refractivity contribution in [1.29, 1.82) is 0 Å². The van der Waals surface area contributed by atoms with Gasteiger partial charge in [-0.05, 0) is 42.7 Å². The van der Waals surface area contributed by atoms with Crippen LogP contribution in [0.15, 0.2) is 54.6 Å². The Morgan fingerprint density at radius 1 is 1.15 bits per heavy atom. The van der Waals surface area contributed by atoms with Gasteiger partial charge < -0.3 is 14.5 Å². The first-order valence-electron chi connectivity index (χ1n) is 11.2. The van der Waals surface area contributed by atoms with Crippen LogP contribution in [0.5, 0.6) is 0 Å². The summed E-state index contributed by atoms with van der Waals surface area (Å²) < 4.78 is 19.0. The van der Waals surface area contributed by atoms with Crippen LogP contribution in [0.4, 0.5) is 4.39 Å². The van der Waals surface area contributed by atoms with E-state index in [-0.39, 0.29) is 17.6 Å². The van der Waals surface area contributed by atoms with Crippen LogP contribution in [0.2, 0.25) is 0 Å². The van der Waals surface area contributed by atoms with Gasteiger partial charge in [0, 0.05) is 32.4 Å². The normalized spacial score (nSPS) is 16.1. The molecule has 0 saturated carbocycles. The molecule has 1 unspecified atom stereocenters. The van der Waals surface area contributed by atoms with Crippen molar-refractivity contribution in [2.75, 3.05) is 33.8 Å². The standard InChI is InChI=1S/C26H28FN3O3/c1-29(2)26(32)21-16-23(28-22-8-4-3-7-20(21)22)24-17-30(14-15-33-24)25(31)9-5-6-18-10-12-19(27)13-11-18/h3-4,7-8,10-13,16,24H,5-6,9,14-15,17H2,1-2H3. The predicted molar refractivity (Wildman–Crippen MR) is 124 cm³/mol. The Morgan fingerprint density at radius 3 is 2.67 bits per heavy atom. The molecule has 0 radical (unpaired) electrons. The number of ether oxygens (including phenoxy) is 1. The molecule has 0 aliphatic carbocycles. The Bertz CT molecular complexity index is 1150. The maximum absolute atomic E-state index is 13.1. The Kier molecular flexibility index (Phi) is 6.99. The molecule has 1 aromatic heterocycles. The molecule has 1 fully saturated rings. The van der Waals surface area contributed by atoms with Gasteiger partial charge in [-0.2, -0.15) is 0 Å². The van der Waals surface area contributed by atoms with Gasteiger partial charge in [-0.15, -0.1) is 0 Å². The molecule has 6 nitrogen and oxygen atoms in total. The van der Waals surface area contributed by atoms with Gasteiger partial charge in [0.05, 0.1) is 29.9 Å². The van der Waals surface area contributed by atoms with Crippen LogP contribution in [-0.2, 0) is 16.0 Å². The van der Waals surface area contributed by atoms with Crippen molar-refractivity contribution >= 4 is 22.7 Å². The summed E-state index contributed by atoms with van der Waals surface area (Å²) in [5.41, 5.74) is 2.98. The molecule has 1 aliphatic heterocycles. The quantitative estimate of drug-likeness (QED) is 0.571. The van der Waals surface area contributed by atoms with Crippen LogP contribution in [0.1, 0.15) is 40.6 Å². The number of carbonyl (C=O) groups is 2. The second-order valence-electron chi connectivity index (χ2n) is 8.49. The molecule has 2 aromatic carbocycles. The second kappa shape index (κ2) is 10.1. The summed E-state index contributed by atoms with van der Waals surface area (Å²) >= 11 is 0. The van der Waals surface area contributed by atoms with Crippen LogP contribution in [0.25, 0.3) is 10.9 Å². The Balaban J connectivity index is 1.46. The van der Waals surface area contributed by atoms with Crippen molar-refractivity contribution in [2.45, 2.75) is 25.4 Å². The van der Waals surface area contributed by atoms with E-state index in [2.05, 4.69) is 0 Å². The molecule has 1 aliphatic rings. The molecule has 4 rings (SSSR count). The largest absolute Gasteiger partial charge is 0.368 e. The Hall–Kier alpha value is -3.32. The fourth-order valence-corrected chi connectivity index (χ4v) is 4.09. The number of amides is 2. The average Bonchev–Trinajstić information content (AvgIpc) is 2.84. The van der Waals surface area contributed by atoms with E-state index in [1.54, 1.807) is 37.2 Å². The SMILES string of the molecule is CN(C)C(=O)c1cc(C2CN(C(=O)CCCc3ccc(F)cc3)CCO2)nc2ccccc12. The third kappa shape index (κ3) is 5.37. The first kappa shape index (κ1) is 22.9. The fourth-order valence-electron chi connectivity index (χ4n) is 4.09. The van der Waals surface area contributed by atoms with Gasteiger partial charge in [-0.1, -0.05) is 30.3 Å². The summed E-state index contributed by atoms with van der Waals surface area (Å²) in [4.78, 5) is 33.7. The number of hydrogen-bond acceptors (Lipinski definition) is 4. The van der Waals surface area contributed by atoms with Gasteiger partial charge in [0.15, 0.2) is 0 Å². The number of rotatable bonds is 6. The van der Waals surface area contributed by atoms with Crippen LogP contribution >= 0.6 is 0 Å². The number of para-hydroxylation sites is 1. The molecular formula is C26H28FN3O3. The maximum Gasteiger partial charge on any atom is 0.254 e. The lowest BCUT2D eigenvalue weighted by atomic mass is 10.0. The topological polar surface area (TPSA) is 62.7 Å². The van der Waals surface area contributed by atoms with Gasteiger partial charge in [-0.25, -0.2) is 9.37 Å². The maximum atomic E-state index is 13.1. The Morgan fingerprint density at radius 2 is 1.91 bits per heavy atom. The predicted octanol–water partition coefficient (Wildman–Crippen LogP) is 4.00. The summed E-state index contributed by atoms with van der Waals surface area (Å²) in [5, 5.41) is 0.796. The van der Waals surface area contributed by atoms with Crippen LogP contribution in [0.3, 0.4) is 0 Å². The number of hydrogen-bond donors (Lipinski definition) is 0. The van der Waals surface area contributed by atoms with Crippen molar-refractivity contribution < 1.29 is 18.7 Å². The van der Waals surface area contributed by atoms with E-state index in [9.17, 15) is 14.0 Å². The summed E-state index contributed by atoms with van der Waals surface area (Å²) in [7, 11) is 3.45. The number of carbonyl (C=O) groups excluding carboxylic acids is 2. The monoisotopic (exact) mass is 449 g/mol. The van der Waals surface area contributed by atoms with E-state index in [0.717, 1.165) is 22.9 Å². The number of nitrogens with zero attached hydrogens (tertiary/aromatic N) is 3. The van der Waals surface area contributed by atoms with Gasteiger partial charge in [0.1, 0.15) is 11.9 Å². The molecule has 3 aromatic rings. The zero-order chi connectivity index (χ0) is 23.4. The van der Waals surface area contributed by atoms with Crippen molar-refractivity contribution in [1.82, 2.24) is 14.8 Å². The minimum Gasteiger partial charge on any atom is -0.368 e. The van der Waals surface area contributed by atoms with Crippen molar-refractivity contribution in [2.24, 2.45) is 0 Å².